The minimum Gasteiger partial charge on any atom is -0.492 e. The molecule has 2 aromatic rings. The van der Waals surface area contributed by atoms with E-state index in [4.69, 9.17) is 17.0 Å². The molecule has 0 spiro atoms. The number of aromatic nitrogens is 3. The maximum absolute atomic E-state index is 5.57. The number of rotatable bonds is 1. The van der Waals surface area contributed by atoms with Gasteiger partial charge >= 0.3 is 0 Å². The van der Waals surface area contributed by atoms with Gasteiger partial charge in [0, 0.05) is 5.56 Å². The smallest absolute Gasteiger partial charge is 0.213 e. The Labute approximate surface area is 91.3 Å². The molecule has 76 valence electrons. The Balaban J connectivity index is 2.07. The molecule has 4 nitrogen and oxygen atoms in total. The van der Waals surface area contributed by atoms with E-state index in [-0.39, 0.29) is 5.92 Å². The van der Waals surface area contributed by atoms with E-state index < -0.39 is 0 Å². The van der Waals surface area contributed by atoms with Gasteiger partial charge in [0.1, 0.15) is 18.2 Å². The van der Waals surface area contributed by atoms with Gasteiger partial charge in [0.15, 0.2) is 0 Å². The van der Waals surface area contributed by atoms with Gasteiger partial charge < -0.3 is 4.74 Å². The average molecular weight is 219 g/mol. The van der Waals surface area contributed by atoms with Crippen molar-refractivity contribution in [2.75, 3.05) is 6.61 Å². The van der Waals surface area contributed by atoms with Gasteiger partial charge in [-0.15, -0.1) is 0 Å². The van der Waals surface area contributed by atoms with Crippen molar-refractivity contribution in [3.63, 3.8) is 0 Å². The number of fused-ring (bicyclic) bond motifs is 1. The van der Waals surface area contributed by atoms with Crippen molar-refractivity contribution in [2.24, 2.45) is 0 Å². The molecular weight excluding hydrogens is 210 g/mol. The summed E-state index contributed by atoms with van der Waals surface area (Å²) < 4.78 is 6.05. The SMILES string of the molecule is S=c1nc(C2COc3ccccc32)[nH][nH]1. The second-order valence-corrected chi connectivity index (χ2v) is 3.84. The summed E-state index contributed by atoms with van der Waals surface area (Å²) in [5.41, 5.74) is 1.16. The molecule has 1 unspecified atom stereocenters. The molecule has 1 aromatic carbocycles. The van der Waals surface area contributed by atoms with E-state index in [1.54, 1.807) is 0 Å². The van der Waals surface area contributed by atoms with Gasteiger partial charge in [0.2, 0.25) is 4.77 Å². The zero-order valence-corrected chi connectivity index (χ0v) is 8.67. The Morgan fingerprint density at radius 2 is 2.20 bits per heavy atom. The van der Waals surface area contributed by atoms with E-state index in [2.05, 4.69) is 21.2 Å². The van der Waals surface area contributed by atoms with Crippen LogP contribution in [0.25, 0.3) is 0 Å². The highest BCUT2D eigenvalue weighted by Crippen LogP contribution is 2.35. The molecule has 15 heavy (non-hydrogen) atoms. The lowest BCUT2D eigenvalue weighted by atomic mass is 10.0. The van der Waals surface area contributed by atoms with E-state index in [0.717, 1.165) is 17.1 Å². The molecule has 5 heteroatoms. The average Bonchev–Trinajstić information content (AvgIpc) is 2.83. The van der Waals surface area contributed by atoms with Crippen LogP contribution in [-0.2, 0) is 0 Å². The Morgan fingerprint density at radius 1 is 1.33 bits per heavy atom. The van der Waals surface area contributed by atoms with Gasteiger partial charge in [-0.1, -0.05) is 18.2 Å². The highest BCUT2D eigenvalue weighted by Gasteiger charge is 2.27. The zero-order valence-electron chi connectivity index (χ0n) is 7.86. The largest absolute Gasteiger partial charge is 0.492 e. The lowest BCUT2D eigenvalue weighted by Crippen LogP contribution is -2.04. The first-order valence-corrected chi connectivity index (χ1v) is 5.12. The summed E-state index contributed by atoms with van der Waals surface area (Å²) in [6.45, 7) is 0.621. The molecule has 1 aromatic heterocycles. The predicted molar refractivity (Wildman–Crippen MR) is 57.6 cm³/mol. The fraction of sp³-hybridized carbons (Fsp3) is 0.200. The molecule has 0 amide bonds. The van der Waals surface area contributed by atoms with Crippen LogP contribution in [0.3, 0.4) is 0 Å². The van der Waals surface area contributed by atoms with E-state index in [1.165, 1.54) is 0 Å². The maximum Gasteiger partial charge on any atom is 0.213 e. The van der Waals surface area contributed by atoms with Crippen LogP contribution in [-0.4, -0.2) is 21.8 Å². The quantitative estimate of drug-likeness (QED) is 0.721. The van der Waals surface area contributed by atoms with Gasteiger partial charge in [-0.2, -0.15) is 0 Å². The molecule has 2 heterocycles. The highest BCUT2D eigenvalue weighted by molar-refractivity contribution is 7.71. The number of nitrogens with one attached hydrogen (secondary N) is 2. The van der Waals surface area contributed by atoms with Crippen LogP contribution in [0.15, 0.2) is 24.3 Å². The molecular formula is C10H9N3OS. The minimum absolute atomic E-state index is 0.161. The number of benzene rings is 1. The third kappa shape index (κ3) is 1.35. The third-order valence-corrected chi connectivity index (χ3v) is 2.74. The second kappa shape index (κ2) is 3.20. The minimum atomic E-state index is 0.161. The van der Waals surface area contributed by atoms with Crippen molar-refractivity contribution < 1.29 is 4.74 Å². The molecule has 1 aliphatic heterocycles. The van der Waals surface area contributed by atoms with E-state index >= 15 is 0 Å². The fourth-order valence-electron chi connectivity index (χ4n) is 1.84. The predicted octanol–water partition coefficient (Wildman–Crippen LogP) is 1.99. The molecule has 0 fully saturated rings. The normalized spacial score (nSPS) is 18.5. The van der Waals surface area contributed by atoms with Crippen molar-refractivity contribution in [3.05, 3.63) is 40.4 Å². The number of aromatic amines is 2. The van der Waals surface area contributed by atoms with Gasteiger partial charge in [-0.25, -0.2) is 4.98 Å². The first-order chi connectivity index (χ1) is 7.34. The van der Waals surface area contributed by atoms with Crippen LogP contribution in [0.2, 0.25) is 0 Å². The molecule has 2 N–H and O–H groups in total. The van der Waals surface area contributed by atoms with E-state index in [0.29, 0.717) is 11.4 Å². The molecule has 3 rings (SSSR count). The van der Waals surface area contributed by atoms with Crippen molar-refractivity contribution in [2.45, 2.75) is 5.92 Å². The van der Waals surface area contributed by atoms with Crippen molar-refractivity contribution in [3.8, 4) is 5.75 Å². The van der Waals surface area contributed by atoms with Crippen LogP contribution in [0.1, 0.15) is 17.3 Å². The van der Waals surface area contributed by atoms with Gasteiger partial charge in [-0.3, -0.25) is 10.2 Å². The summed E-state index contributed by atoms with van der Waals surface area (Å²) in [7, 11) is 0. The summed E-state index contributed by atoms with van der Waals surface area (Å²) in [4.78, 5) is 4.22. The Morgan fingerprint density at radius 3 is 3.00 bits per heavy atom. The van der Waals surface area contributed by atoms with E-state index in [9.17, 15) is 0 Å². The van der Waals surface area contributed by atoms with Gasteiger partial charge in [-0.05, 0) is 18.3 Å². The van der Waals surface area contributed by atoms with E-state index in [1.807, 2.05) is 18.2 Å². The number of hydrogen-bond donors (Lipinski definition) is 2. The van der Waals surface area contributed by atoms with Crippen LogP contribution in [0.4, 0.5) is 0 Å². The second-order valence-electron chi connectivity index (χ2n) is 3.45. The summed E-state index contributed by atoms with van der Waals surface area (Å²) in [5.74, 6) is 1.93. The van der Waals surface area contributed by atoms with Crippen LogP contribution in [0.5, 0.6) is 5.75 Å². The van der Waals surface area contributed by atoms with Crippen molar-refractivity contribution in [1.29, 1.82) is 0 Å². The summed E-state index contributed by atoms with van der Waals surface area (Å²) in [6.07, 6.45) is 0. The Kier molecular flexibility index (Phi) is 1.85. The van der Waals surface area contributed by atoms with Gasteiger partial charge in [0.25, 0.3) is 0 Å². The fourth-order valence-corrected chi connectivity index (χ4v) is 1.99. The number of para-hydroxylation sites is 1. The number of H-pyrrole nitrogens is 2. The molecule has 1 aliphatic rings. The molecule has 0 bridgehead atoms. The Bertz CT molecular complexity index is 545. The lowest BCUT2D eigenvalue weighted by Gasteiger charge is -2.02. The van der Waals surface area contributed by atoms with Crippen LogP contribution >= 0.6 is 12.2 Å². The zero-order chi connectivity index (χ0) is 10.3. The monoisotopic (exact) mass is 219 g/mol. The first kappa shape index (κ1) is 8.67. The number of ether oxygens (including phenoxy) is 1. The molecule has 0 saturated heterocycles. The summed E-state index contributed by atoms with van der Waals surface area (Å²) in [6, 6.07) is 7.99. The van der Waals surface area contributed by atoms with Crippen LogP contribution in [0, 0.1) is 4.77 Å². The van der Waals surface area contributed by atoms with Crippen molar-refractivity contribution in [1.82, 2.24) is 15.2 Å². The maximum atomic E-state index is 5.57. The highest BCUT2D eigenvalue weighted by atomic mass is 32.1. The lowest BCUT2D eigenvalue weighted by molar-refractivity contribution is 0.340. The molecule has 0 aliphatic carbocycles. The summed E-state index contributed by atoms with van der Waals surface area (Å²) >= 11 is 4.93. The Hall–Kier alpha value is -1.62. The number of nitrogens with zero attached hydrogens (tertiary/aromatic N) is 1. The van der Waals surface area contributed by atoms with Gasteiger partial charge in [0.05, 0.1) is 5.92 Å². The third-order valence-electron chi connectivity index (χ3n) is 2.55. The van der Waals surface area contributed by atoms with Crippen molar-refractivity contribution >= 4 is 12.2 Å². The summed E-state index contributed by atoms with van der Waals surface area (Å²) in [5, 5.41) is 5.77. The first-order valence-electron chi connectivity index (χ1n) is 4.71. The molecule has 0 saturated carbocycles. The molecule has 0 radical (unpaired) electrons. The van der Waals surface area contributed by atoms with Crippen LogP contribution < -0.4 is 4.74 Å². The topological polar surface area (TPSA) is 53.7 Å². The molecule has 1 atom stereocenters. The number of hydrogen-bond acceptors (Lipinski definition) is 3. The standard InChI is InChI=1S/C10H9N3OS/c15-10-11-9(12-13-10)7-5-14-8-4-2-1-3-6(7)8/h1-4,7H,5H2,(H2,11,12,13,15).